The number of aromatic nitrogens is 1. The molecular weight excluding hydrogens is 134 g/mol. The zero-order valence-corrected chi connectivity index (χ0v) is 6.31. The number of hydrogen-bond acceptors (Lipinski definition) is 1. The van der Waals surface area contributed by atoms with Crippen LogP contribution in [0.4, 0.5) is 0 Å². The molecule has 9 heavy (non-hydrogen) atoms. The van der Waals surface area contributed by atoms with Crippen molar-refractivity contribution in [3.05, 3.63) is 29.6 Å². The van der Waals surface area contributed by atoms with Gasteiger partial charge in [-0.3, -0.25) is 4.98 Å². The highest BCUT2D eigenvalue weighted by atomic mass is 35.5. The maximum absolute atomic E-state index is 4.08. The van der Waals surface area contributed by atoms with Gasteiger partial charge in [0.15, 0.2) is 0 Å². The number of aryl methyl sites for hydroxylation is 2. The Bertz CT molecular complexity index is 165. The Morgan fingerprint density at radius 3 is 2.33 bits per heavy atom. The number of pyridine rings is 1. The zero-order valence-electron chi connectivity index (χ0n) is 5.56. The number of halogens is 1. The first-order chi connectivity index (χ1) is 3.80. The molecule has 0 aliphatic carbocycles. The molecule has 1 aromatic heterocycles. The number of nitrogens with zero attached hydrogens (tertiary/aromatic N) is 1. The van der Waals surface area contributed by atoms with Crippen LogP contribution in [0.3, 0.4) is 0 Å². The monoisotopic (exact) mass is 142 g/mol. The van der Waals surface area contributed by atoms with Gasteiger partial charge >= 0.3 is 0 Å². The topological polar surface area (TPSA) is 12.9 Å². The van der Waals surface area contributed by atoms with Crippen LogP contribution in [0.15, 0.2) is 18.3 Å². The fourth-order valence-electron chi connectivity index (χ4n) is 0.565. The second-order valence-corrected chi connectivity index (χ2v) is 1.91. The quantitative estimate of drug-likeness (QED) is 0.439. The summed E-state index contributed by atoms with van der Waals surface area (Å²) in [7, 11) is 0. The van der Waals surface area contributed by atoms with Crippen molar-refractivity contribution >= 4 is 0 Å². The van der Waals surface area contributed by atoms with Crippen LogP contribution in [0, 0.1) is 13.8 Å². The average molecular weight is 143 g/mol. The van der Waals surface area contributed by atoms with Gasteiger partial charge in [-0.25, -0.2) is 0 Å². The Balaban J connectivity index is 0.000000640. The van der Waals surface area contributed by atoms with E-state index in [-0.39, 0.29) is 12.4 Å². The SMILES string of the molecule is Cc1cccnc1C.[Cl-]. The van der Waals surface area contributed by atoms with Crippen LogP contribution in [0.5, 0.6) is 0 Å². The third-order valence-corrected chi connectivity index (χ3v) is 1.27. The summed E-state index contributed by atoms with van der Waals surface area (Å²) in [5, 5.41) is 0. The molecule has 0 aliphatic rings. The lowest BCUT2D eigenvalue weighted by atomic mass is 10.2. The van der Waals surface area contributed by atoms with Gasteiger partial charge in [0.1, 0.15) is 0 Å². The fraction of sp³-hybridized carbons (Fsp3) is 0.286. The molecule has 0 N–H and O–H groups in total. The van der Waals surface area contributed by atoms with Gasteiger partial charge in [0, 0.05) is 11.9 Å². The molecule has 0 aromatic carbocycles. The third-order valence-electron chi connectivity index (χ3n) is 1.27. The second kappa shape index (κ2) is 3.46. The van der Waals surface area contributed by atoms with Crippen molar-refractivity contribution < 1.29 is 12.4 Å². The number of hydrogen-bond donors (Lipinski definition) is 0. The lowest BCUT2D eigenvalue weighted by Gasteiger charge is -1.92. The van der Waals surface area contributed by atoms with Crippen LogP contribution in [-0.2, 0) is 0 Å². The van der Waals surface area contributed by atoms with Gasteiger partial charge in [-0.15, -0.1) is 0 Å². The predicted octanol–water partition coefficient (Wildman–Crippen LogP) is -1.30. The maximum atomic E-state index is 4.08. The van der Waals surface area contributed by atoms with E-state index in [0.717, 1.165) is 5.69 Å². The number of rotatable bonds is 0. The van der Waals surface area contributed by atoms with Crippen LogP contribution in [0.1, 0.15) is 11.3 Å². The highest BCUT2D eigenvalue weighted by molar-refractivity contribution is 5.15. The van der Waals surface area contributed by atoms with E-state index < -0.39 is 0 Å². The fourth-order valence-corrected chi connectivity index (χ4v) is 0.565. The Kier molecular flexibility index (Phi) is 3.25. The summed E-state index contributed by atoms with van der Waals surface area (Å²) in [6.07, 6.45) is 1.81. The summed E-state index contributed by atoms with van der Waals surface area (Å²) in [6, 6.07) is 4.00. The molecule has 0 atom stereocenters. The standard InChI is InChI=1S/C7H9N.ClH/c1-6-4-3-5-8-7(6)2;/h3-5H,1-2H3;1H/p-1. The van der Waals surface area contributed by atoms with E-state index in [4.69, 9.17) is 0 Å². The predicted molar refractivity (Wildman–Crippen MR) is 33.7 cm³/mol. The summed E-state index contributed by atoms with van der Waals surface area (Å²) >= 11 is 0. The second-order valence-electron chi connectivity index (χ2n) is 1.91. The van der Waals surface area contributed by atoms with E-state index in [2.05, 4.69) is 18.0 Å². The zero-order chi connectivity index (χ0) is 5.98. The summed E-state index contributed by atoms with van der Waals surface area (Å²) in [4.78, 5) is 4.08. The van der Waals surface area contributed by atoms with Gasteiger partial charge in [-0.2, -0.15) is 0 Å². The van der Waals surface area contributed by atoms with Crippen LogP contribution in [0.25, 0.3) is 0 Å². The Hall–Kier alpha value is -0.560. The smallest absolute Gasteiger partial charge is 0.0401 e. The highest BCUT2D eigenvalue weighted by Crippen LogP contribution is 1.98. The van der Waals surface area contributed by atoms with Crippen LogP contribution >= 0.6 is 0 Å². The van der Waals surface area contributed by atoms with Crippen molar-refractivity contribution in [3.63, 3.8) is 0 Å². The van der Waals surface area contributed by atoms with E-state index in [1.807, 2.05) is 19.2 Å². The molecule has 0 fully saturated rings. The molecule has 0 aliphatic heterocycles. The Morgan fingerprint density at radius 1 is 1.33 bits per heavy atom. The van der Waals surface area contributed by atoms with Gasteiger partial charge in [-0.1, -0.05) is 6.07 Å². The van der Waals surface area contributed by atoms with Crippen LogP contribution in [0.2, 0.25) is 0 Å². The molecule has 2 heteroatoms. The van der Waals surface area contributed by atoms with Crippen molar-refractivity contribution in [3.8, 4) is 0 Å². The molecular formula is C7H9ClN-. The normalized spacial score (nSPS) is 8.22. The summed E-state index contributed by atoms with van der Waals surface area (Å²) < 4.78 is 0. The van der Waals surface area contributed by atoms with Gasteiger partial charge < -0.3 is 12.4 Å². The Morgan fingerprint density at radius 2 is 2.00 bits per heavy atom. The molecule has 1 heterocycles. The average Bonchev–Trinajstić information content (AvgIpc) is 1.77. The van der Waals surface area contributed by atoms with E-state index in [1.54, 1.807) is 0 Å². The van der Waals surface area contributed by atoms with E-state index >= 15 is 0 Å². The van der Waals surface area contributed by atoms with Crippen molar-refractivity contribution in [1.82, 2.24) is 4.98 Å². The lowest BCUT2D eigenvalue weighted by Crippen LogP contribution is -3.00. The maximum Gasteiger partial charge on any atom is 0.0401 e. The molecule has 0 saturated carbocycles. The first-order valence-electron chi connectivity index (χ1n) is 2.69. The largest absolute Gasteiger partial charge is 1.00 e. The molecule has 1 nitrogen and oxygen atoms in total. The summed E-state index contributed by atoms with van der Waals surface area (Å²) in [6.45, 7) is 4.07. The molecule has 0 radical (unpaired) electrons. The third kappa shape index (κ3) is 2.02. The van der Waals surface area contributed by atoms with E-state index in [9.17, 15) is 0 Å². The van der Waals surface area contributed by atoms with Crippen molar-refractivity contribution in [2.75, 3.05) is 0 Å². The van der Waals surface area contributed by atoms with Gasteiger partial charge in [0.25, 0.3) is 0 Å². The van der Waals surface area contributed by atoms with Crippen molar-refractivity contribution in [1.29, 1.82) is 0 Å². The summed E-state index contributed by atoms with van der Waals surface area (Å²) in [5.74, 6) is 0. The van der Waals surface area contributed by atoms with Crippen molar-refractivity contribution in [2.45, 2.75) is 13.8 Å². The Labute approximate surface area is 61.5 Å². The molecule has 50 valence electrons. The first kappa shape index (κ1) is 8.44. The van der Waals surface area contributed by atoms with Crippen LogP contribution < -0.4 is 12.4 Å². The highest BCUT2D eigenvalue weighted by Gasteiger charge is 1.85. The molecule has 1 aromatic rings. The minimum atomic E-state index is 0. The van der Waals surface area contributed by atoms with Gasteiger partial charge in [0.05, 0.1) is 0 Å². The van der Waals surface area contributed by atoms with E-state index in [1.165, 1.54) is 5.56 Å². The minimum absolute atomic E-state index is 0. The summed E-state index contributed by atoms with van der Waals surface area (Å²) in [5.41, 5.74) is 2.38. The molecule has 0 saturated heterocycles. The van der Waals surface area contributed by atoms with Gasteiger partial charge in [-0.05, 0) is 25.5 Å². The van der Waals surface area contributed by atoms with Crippen molar-refractivity contribution in [2.24, 2.45) is 0 Å². The first-order valence-corrected chi connectivity index (χ1v) is 2.69. The van der Waals surface area contributed by atoms with Gasteiger partial charge in [0.2, 0.25) is 0 Å². The molecule has 0 bridgehead atoms. The van der Waals surface area contributed by atoms with Crippen LogP contribution in [-0.4, -0.2) is 4.98 Å². The minimum Gasteiger partial charge on any atom is -1.00 e. The molecule has 0 spiro atoms. The lowest BCUT2D eigenvalue weighted by molar-refractivity contribution is -0.00000187. The molecule has 0 unspecified atom stereocenters. The molecule has 0 amide bonds. The molecule has 1 rings (SSSR count). The van der Waals surface area contributed by atoms with E-state index in [0.29, 0.717) is 0 Å².